The van der Waals surface area contributed by atoms with Gasteiger partial charge in [-0.15, -0.1) is 0 Å². The summed E-state index contributed by atoms with van der Waals surface area (Å²) in [5.41, 5.74) is 1.11. The molecule has 1 N–H and O–H groups in total. The van der Waals surface area contributed by atoms with E-state index in [2.05, 4.69) is 5.32 Å². The van der Waals surface area contributed by atoms with Gasteiger partial charge in [0.25, 0.3) is 0 Å². The SMILES string of the molecule is CS(=O)(=O)N1CCCC[C@H]1C(=O)Nc1ccc(N2CCCC2=O)c(Cl)c1. The summed E-state index contributed by atoms with van der Waals surface area (Å²) < 4.78 is 25.1. The summed E-state index contributed by atoms with van der Waals surface area (Å²) in [6.07, 6.45) is 4.49. The van der Waals surface area contributed by atoms with Crippen LogP contribution in [0.2, 0.25) is 5.02 Å². The molecule has 9 heteroatoms. The fourth-order valence-corrected chi connectivity index (χ4v) is 4.90. The van der Waals surface area contributed by atoms with E-state index >= 15 is 0 Å². The Morgan fingerprint density at radius 2 is 2.00 bits per heavy atom. The number of carbonyl (C=O) groups excluding carboxylic acids is 2. The van der Waals surface area contributed by atoms with Crippen molar-refractivity contribution in [2.45, 2.75) is 38.1 Å². The number of halogens is 1. The zero-order chi connectivity index (χ0) is 18.9. The number of amides is 2. The fraction of sp³-hybridized carbons (Fsp3) is 0.529. The van der Waals surface area contributed by atoms with E-state index < -0.39 is 16.1 Å². The molecule has 0 saturated carbocycles. The van der Waals surface area contributed by atoms with Gasteiger partial charge in [0, 0.05) is 25.2 Å². The summed E-state index contributed by atoms with van der Waals surface area (Å²) in [5.74, 6) is -0.328. The monoisotopic (exact) mass is 399 g/mol. The number of hydrogen-bond acceptors (Lipinski definition) is 4. The quantitative estimate of drug-likeness (QED) is 0.840. The van der Waals surface area contributed by atoms with Crippen molar-refractivity contribution in [1.82, 2.24) is 4.31 Å². The molecule has 0 radical (unpaired) electrons. The lowest BCUT2D eigenvalue weighted by molar-refractivity contribution is -0.120. The first kappa shape index (κ1) is 19.1. The van der Waals surface area contributed by atoms with E-state index in [1.165, 1.54) is 4.31 Å². The van der Waals surface area contributed by atoms with E-state index in [1.807, 2.05) is 0 Å². The largest absolute Gasteiger partial charge is 0.325 e. The van der Waals surface area contributed by atoms with Crippen LogP contribution in [0.3, 0.4) is 0 Å². The molecular weight excluding hydrogens is 378 g/mol. The number of benzene rings is 1. The molecule has 0 spiro atoms. The Hall–Kier alpha value is -1.64. The van der Waals surface area contributed by atoms with Gasteiger partial charge in [-0.1, -0.05) is 18.0 Å². The predicted octanol–water partition coefficient (Wildman–Crippen LogP) is 2.22. The maximum atomic E-state index is 12.6. The lowest BCUT2D eigenvalue weighted by atomic mass is 10.0. The number of piperidine rings is 1. The lowest BCUT2D eigenvalue weighted by Crippen LogP contribution is -2.49. The van der Waals surface area contributed by atoms with Crippen LogP contribution in [-0.4, -0.2) is 49.9 Å². The molecular formula is C17H22ClN3O4S. The molecule has 1 aromatic rings. The molecule has 26 heavy (non-hydrogen) atoms. The number of sulfonamides is 1. The second kappa shape index (κ2) is 7.54. The molecule has 2 heterocycles. The zero-order valence-electron chi connectivity index (χ0n) is 14.6. The highest BCUT2D eigenvalue weighted by Gasteiger charge is 2.34. The van der Waals surface area contributed by atoms with Crippen LogP contribution in [0.5, 0.6) is 0 Å². The number of carbonyl (C=O) groups is 2. The molecule has 2 amide bonds. The second-order valence-electron chi connectivity index (χ2n) is 6.69. The first-order valence-electron chi connectivity index (χ1n) is 8.65. The Bertz CT molecular complexity index is 827. The van der Waals surface area contributed by atoms with Gasteiger partial charge < -0.3 is 10.2 Å². The van der Waals surface area contributed by atoms with Crippen molar-refractivity contribution >= 4 is 44.8 Å². The maximum Gasteiger partial charge on any atom is 0.242 e. The van der Waals surface area contributed by atoms with Crippen molar-refractivity contribution in [3.05, 3.63) is 23.2 Å². The molecule has 3 rings (SSSR count). The summed E-state index contributed by atoms with van der Waals surface area (Å²) in [4.78, 5) is 26.1. The standard InChI is InChI=1S/C17H22ClN3O4S/c1-26(24,25)21-10-3-2-5-15(21)17(23)19-12-7-8-14(13(18)11-12)20-9-4-6-16(20)22/h7-8,11,15H,2-6,9-10H2,1H3,(H,19,23)/t15-/m0/s1. The minimum Gasteiger partial charge on any atom is -0.325 e. The second-order valence-corrected chi connectivity index (χ2v) is 9.03. The van der Waals surface area contributed by atoms with E-state index in [4.69, 9.17) is 11.6 Å². The van der Waals surface area contributed by atoms with Crippen molar-refractivity contribution in [2.24, 2.45) is 0 Å². The van der Waals surface area contributed by atoms with Crippen molar-refractivity contribution in [1.29, 1.82) is 0 Å². The molecule has 2 fully saturated rings. The molecule has 142 valence electrons. The highest BCUT2D eigenvalue weighted by molar-refractivity contribution is 7.88. The Kier molecular flexibility index (Phi) is 5.55. The van der Waals surface area contributed by atoms with Crippen LogP contribution >= 0.6 is 11.6 Å². The van der Waals surface area contributed by atoms with Gasteiger partial charge in [0.15, 0.2) is 0 Å². The first-order chi connectivity index (χ1) is 12.3. The Labute approximate surface area is 158 Å². The van der Waals surface area contributed by atoms with Crippen LogP contribution in [0.25, 0.3) is 0 Å². The van der Waals surface area contributed by atoms with Crippen molar-refractivity contribution in [2.75, 3.05) is 29.6 Å². The van der Waals surface area contributed by atoms with Gasteiger partial charge in [-0.2, -0.15) is 4.31 Å². The molecule has 2 aliphatic rings. The topological polar surface area (TPSA) is 86.8 Å². The maximum absolute atomic E-state index is 12.6. The summed E-state index contributed by atoms with van der Waals surface area (Å²) in [6.45, 7) is 0.989. The minimum absolute atomic E-state index is 0.0367. The van der Waals surface area contributed by atoms with Crippen molar-refractivity contribution < 1.29 is 18.0 Å². The minimum atomic E-state index is -3.44. The summed E-state index contributed by atoms with van der Waals surface area (Å²) in [6, 6.07) is 4.26. The number of hydrogen-bond donors (Lipinski definition) is 1. The molecule has 0 aliphatic carbocycles. The Balaban J connectivity index is 1.75. The van der Waals surface area contributed by atoms with Crippen molar-refractivity contribution in [3.63, 3.8) is 0 Å². The highest BCUT2D eigenvalue weighted by atomic mass is 35.5. The normalized spacial score (nSPS) is 21.8. The molecule has 0 aromatic heterocycles. The van der Waals surface area contributed by atoms with Gasteiger partial charge in [-0.3, -0.25) is 9.59 Å². The van der Waals surface area contributed by atoms with Crippen LogP contribution in [0.4, 0.5) is 11.4 Å². The lowest BCUT2D eigenvalue weighted by Gasteiger charge is -2.32. The third-order valence-electron chi connectivity index (χ3n) is 4.76. The molecule has 1 aromatic carbocycles. The summed E-state index contributed by atoms with van der Waals surface area (Å²) in [5, 5.41) is 3.13. The van der Waals surface area contributed by atoms with E-state index in [1.54, 1.807) is 23.1 Å². The number of anilines is 2. The zero-order valence-corrected chi connectivity index (χ0v) is 16.1. The summed E-state index contributed by atoms with van der Waals surface area (Å²) >= 11 is 6.29. The molecule has 1 atom stereocenters. The number of nitrogens with zero attached hydrogens (tertiary/aromatic N) is 2. The third kappa shape index (κ3) is 4.02. The first-order valence-corrected chi connectivity index (χ1v) is 10.9. The smallest absolute Gasteiger partial charge is 0.242 e. The average Bonchev–Trinajstić information content (AvgIpc) is 3.00. The number of rotatable bonds is 4. The van der Waals surface area contributed by atoms with Crippen LogP contribution in [0, 0.1) is 0 Å². The van der Waals surface area contributed by atoms with Crippen LogP contribution in [0.15, 0.2) is 18.2 Å². The van der Waals surface area contributed by atoms with E-state index in [0.717, 1.165) is 25.5 Å². The van der Waals surface area contributed by atoms with Crippen molar-refractivity contribution in [3.8, 4) is 0 Å². The van der Waals surface area contributed by atoms with Gasteiger partial charge in [-0.05, 0) is 37.5 Å². The molecule has 2 saturated heterocycles. The molecule has 0 bridgehead atoms. The van der Waals surface area contributed by atoms with E-state index in [9.17, 15) is 18.0 Å². The third-order valence-corrected chi connectivity index (χ3v) is 6.35. The Morgan fingerprint density at radius 1 is 1.23 bits per heavy atom. The van der Waals surface area contributed by atoms with Gasteiger partial charge in [-0.25, -0.2) is 8.42 Å². The number of nitrogens with one attached hydrogen (secondary N) is 1. The molecule has 2 aliphatic heterocycles. The van der Waals surface area contributed by atoms with Gasteiger partial charge >= 0.3 is 0 Å². The van der Waals surface area contributed by atoms with Crippen LogP contribution in [0.1, 0.15) is 32.1 Å². The van der Waals surface area contributed by atoms with Gasteiger partial charge in [0.1, 0.15) is 6.04 Å². The van der Waals surface area contributed by atoms with Crippen LogP contribution in [-0.2, 0) is 19.6 Å². The van der Waals surface area contributed by atoms with Gasteiger partial charge in [0.05, 0.1) is 17.0 Å². The Morgan fingerprint density at radius 3 is 2.62 bits per heavy atom. The predicted molar refractivity (Wildman–Crippen MR) is 101 cm³/mol. The fourth-order valence-electron chi connectivity index (χ4n) is 3.50. The van der Waals surface area contributed by atoms with Gasteiger partial charge in [0.2, 0.25) is 21.8 Å². The van der Waals surface area contributed by atoms with Crippen LogP contribution < -0.4 is 10.2 Å². The average molecular weight is 400 g/mol. The van der Waals surface area contributed by atoms with E-state index in [-0.39, 0.29) is 11.8 Å². The molecule has 7 nitrogen and oxygen atoms in total. The van der Waals surface area contributed by atoms with E-state index in [0.29, 0.717) is 42.3 Å². The highest BCUT2D eigenvalue weighted by Crippen LogP contribution is 2.32. The summed E-state index contributed by atoms with van der Waals surface area (Å²) in [7, 11) is -3.44. The molecule has 0 unspecified atom stereocenters.